The molecule has 0 aliphatic heterocycles. The third kappa shape index (κ3) is 3.98. The van der Waals surface area contributed by atoms with Gasteiger partial charge in [0.25, 0.3) is 0 Å². The average molecular weight is 226 g/mol. The lowest BCUT2D eigenvalue weighted by molar-refractivity contribution is -0.0150. The van der Waals surface area contributed by atoms with E-state index in [2.05, 4.69) is 0 Å². The lowest BCUT2D eigenvalue weighted by atomic mass is 10.1. The summed E-state index contributed by atoms with van der Waals surface area (Å²) < 4.78 is 18.5. The van der Waals surface area contributed by atoms with Crippen LogP contribution in [0.15, 0.2) is 18.2 Å². The fourth-order valence-corrected chi connectivity index (χ4v) is 1.16. The van der Waals surface area contributed by atoms with Crippen LogP contribution in [0, 0.1) is 5.82 Å². The van der Waals surface area contributed by atoms with Gasteiger partial charge >= 0.3 is 5.97 Å². The van der Waals surface area contributed by atoms with Gasteiger partial charge in [-0.1, -0.05) is 0 Å². The Bertz CT molecular complexity index is 394. The molecule has 3 nitrogen and oxygen atoms in total. The van der Waals surface area contributed by atoms with E-state index >= 15 is 0 Å². The van der Waals surface area contributed by atoms with Crippen molar-refractivity contribution in [2.75, 3.05) is 0 Å². The SMILES string of the molecule is CC(C)(C)OCc1cc(F)cc(C(=O)O)c1. The van der Waals surface area contributed by atoms with Crippen LogP contribution in [0.1, 0.15) is 36.7 Å². The van der Waals surface area contributed by atoms with Crippen LogP contribution in [0.5, 0.6) is 0 Å². The highest BCUT2D eigenvalue weighted by molar-refractivity contribution is 5.87. The van der Waals surface area contributed by atoms with Crippen LogP contribution in [0.2, 0.25) is 0 Å². The Morgan fingerprint density at radius 1 is 1.38 bits per heavy atom. The van der Waals surface area contributed by atoms with Crippen molar-refractivity contribution in [3.8, 4) is 0 Å². The molecule has 1 aromatic rings. The summed E-state index contributed by atoms with van der Waals surface area (Å²) in [6.45, 7) is 5.83. The van der Waals surface area contributed by atoms with Gasteiger partial charge in [-0.05, 0) is 44.5 Å². The molecule has 0 radical (unpaired) electrons. The highest BCUT2D eigenvalue weighted by Gasteiger charge is 2.12. The van der Waals surface area contributed by atoms with E-state index in [-0.39, 0.29) is 17.8 Å². The number of rotatable bonds is 3. The monoisotopic (exact) mass is 226 g/mol. The first kappa shape index (κ1) is 12.6. The molecule has 16 heavy (non-hydrogen) atoms. The molecule has 1 N–H and O–H groups in total. The molecule has 1 aromatic carbocycles. The molecule has 0 saturated heterocycles. The number of hydrogen-bond donors (Lipinski definition) is 1. The highest BCUT2D eigenvalue weighted by atomic mass is 19.1. The van der Waals surface area contributed by atoms with E-state index in [4.69, 9.17) is 9.84 Å². The van der Waals surface area contributed by atoms with Crippen molar-refractivity contribution in [1.82, 2.24) is 0 Å². The second-order valence-corrected chi connectivity index (χ2v) is 4.55. The molecular weight excluding hydrogens is 211 g/mol. The minimum atomic E-state index is -1.14. The Balaban J connectivity index is 2.85. The van der Waals surface area contributed by atoms with Gasteiger partial charge in [-0.25, -0.2) is 9.18 Å². The van der Waals surface area contributed by atoms with E-state index in [9.17, 15) is 9.18 Å². The molecule has 0 amide bonds. The summed E-state index contributed by atoms with van der Waals surface area (Å²) in [6.07, 6.45) is 0. The molecule has 1 rings (SSSR count). The average Bonchev–Trinajstić information content (AvgIpc) is 2.13. The fraction of sp³-hybridized carbons (Fsp3) is 0.417. The molecule has 0 fully saturated rings. The zero-order valence-electron chi connectivity index (χ0n) is 9.58. The van der Waals surface area contributed by atoms with Crippen molar-refractivity contribution in [3.63, 3.8) is 0 Å². The Morgan fingerprint density at radius 2 is 2.00 bits per heavy atom. The summed E-state index contributed by atoms with van der Waals surface area (Å²) in [7, 11) is 0. The maximum Gasteiger partial charge on any atom is 0.335 e. The number of ether oxygens (including phenoxy) is 1. The number of carbonyl (C=O) groups is 1. The Kier molecular flexibility index (Phi) is 3.65. The summed E-state index contributed by atoms with van der Waals surface area (Å²) in [5.74, 6) is -1.70. The van der Waals surface area contributed by atoms with E-state index in [1.165, 1.54) is 12.1 Å². The second-order valence-electron chi connectivity index (χ2n) is 4.55. The molecule has 4 heteroatoms. The lowest BCUT2D eigenvalue weighted by Gasteiger charge is -2.19. The summed E-state index contributed by atoms with van der Waals surface area (Å²) in [6, 6.07) is 3.68. The van der Waals surface area contributed by atoms with Gasteiger partial charge in [-0.3, -0.25) is 0 Å². The topological polar surface area (TPSA) is 46.5 Å². The van der Waals surface area contributed by atoms with E-state index in [1.54, 1.807) is 0 Å². The van der Waals surface area contributed by atoms with Crippen molar-refractivity contribution in [2.45, 2.75) is 33.0 Å². The number of halogens is 1. The van der Waals surface area contributed by atoms with E-state index in [1.807, 2.05) is 20.8 Å². The van der Waals surface area contributed by atoms with Crippen LogP contribution in [0.3, 0.4) is 0 Å². The predicted octanol–water partition coefficient (Wildman–Crippen LogP) is 2.84. The molecule has 88 valence electrons. The van der Waals surface area contributed by atoms with Crippen molar-refractivity contribution in [2.24, 2.45) is 0 Å². The maximum absolute atomic E-state index is 13.1. The summed E-state index contributed by atoms with van der Waals surface area (Å²) in [4.78, 5) is 10.7. The number of carboxylic acid groups (broad SMARTS) is 1. The summed E-state index contributed by atoms with van der Waals surface area (Å²) in [5, 5.41) is 8.75. The molecule has 0 unspecified atom stereocenters. The first-order valence-corrected chi connectivity index (χ1v) is 4.95. The van der Waals surface area contributed by atoms with Gasteiger partial charge in [0.15, 0.2) is 0 Å². The van der Waals surface area contributed by atoms with Gasteiger partial charge in [0.1, 0.15) is 5.82 Å². The molecule has 0 aliphatic rings. The van der Waals surface area contributed by atoms with Crippen LogP contribution in [0.25, 0.3) is 0 Å². The molecule has 0 saturated carbocycles. The molecule has 0 aromatic heterocycles. The van der Waals surface area contributed by atoms with Gasteiger partial charge in [-0.2, -0.15) is 0 Å². The van der Waals surface area contributed by atoms with Crippen molar-refractivity contribution in [1.29, 1.82) is 0 Å². The maximum atomic E-state index is 13.1. The quantitative estimate of drug-likeness (QED) is 0.862. The van der Waals surface area contributed by atoms with Crippen molar-refractivity contribution >= 4 is 5.97 Å². The van der Waals surface area contributed by atoms with Crippen molar-refractivity contribution in [3.05, 3.63) is 35.1 Å². The van der Waals surface area contributed by atoms with E-state index in [0.29, 0.717) is 5.56 Å². The zero-order valence-corrected chi connectivity index (χ0v) is 9.58. The van der Waals surface area contributed by atoms with Gasteiger partial charge in [0.05, 0.1) is 17.8 Å². The minimum Gasteiger partial charge on any atom is -0.478 e. The number of carboxylic acids is 1. The van der Waals surface area contributed by atoms with Gasteiger partial charge in [0.2, 0.25) is 0 Å². The molecule has 0 heterocycles. The lowest BCUT2D eigenvalue weighted by Crippen LogP contribution is -2.18. The van der Waals surface area contributed by atoms with Crippen molar-refractivity contribution < 1.29 is 19.0 Å². The normalized spacial score (nSPS) is 11.5. The van der Waals surface area contributed by atoms with Crippen LogP contribution in [0.4, 0.5) is 4.39 Å². The summed E-state index contributed by atoms with van der Waals surface area (Å²) in [5.41, 5.74) is 0.121. The Labute approximate surface area is 93.9 Å². The molecule has 0 spiro atoms. The first-order chi connectivity index (χ1) is 7.28. The van der Waals surface area contributed by atoms with Crippen LogP contribution >= 0.6 is 0 Å². The van der Waals surface area contributed by atoms with Crippen LogP contribution in [-0.4, -0.2) is 16.7 Å². The molecular formula is C12H15FO3. The minimum absolute atomic E-state index is 0.0625. The largest absolute Gasteiger partial charge is 0.478 e. The first-order valence-electron chi connectivity index (χ1n) is 4.95. The second kappa shape index (κ2) is 4.61. The molecule has 0 aliphatic carbocycles. The number of aromatic carboxylic acids is 1. The highest BCUT2D eigenvalue weighted by Crippen LogP contribution is 2.14. The predicted molar refractivity (Wildman–Crippen MR) is 57.9 cm³/mol. The number of benzene rings is 1. The van der Waals surface area contributed by atoms with Crippen LogP contribution < -0.4 is 0 Å². The zero-order chi connectivity index (χ0) is 12.3. The van der Waals surface area contributed by atoms with Gasteiger partial charge < -0.3 is 9.84 Å². The third-order valence-corrected chi connectivity index (χ3v) is 1.88. The smallest absolute Gasteiger partial charge is 0.335 e. The fourth-order valence-electron chi connectivity index (χ4n) is 1.16. The van der Waals surface area contributed by atoms with Crippen LogP contribution in [-0.2, 0) is 11.3 Å². The Morgan fingerprint density at radius 3 is 2.50 bits per heavy atom. The van der Waals surface area contributed by atoms with E-state index < -0.39 is 11.8 Å². The Hall–Kier alpha value is -1.42. The molecule has 0 bridgehead atoms. The van der Waals surface area contributed by atoms with Gasteiger partial charge in [-0.15, -0.1) is 0 Å². The standard InChI is InChI=1S/C12H15FO3/c1-12(2,3)16-7-8-4-9(11(14)15)6-10(13)5-8/h4-6H,7H2,1-3H3,(H,14,15). The van der Waals surface area contributed by atoms with E-state index in [0.717, 1.165) is 6.07 Å². The summed E-state index contributed by atoms with van der Waals surface area (Å²) >= 11 is 0. The third-order valence-electron chi connectivity index (χ3n) is 1.88. The molecule has 0 atom stereocenters. The van der Waals surface area contributed by atoms with Gasteiger partial charge in [0, 0.05) is 0 Å². The number of hydrogen-bond acceptors (Lipinski definition) is 2.